The van der Waals surface area contributed by atoms with Gasteiger partial charge < -0.3 is 4.74 Å². The van der Waals surface area contributed by atoms with Crippen LogP contribution in [0.2, 0.25) is 0 Å². The number of rotatable bonds is 6. The molecule has 0 aliphatic rings. The summed E-state index contributed by atoms with van der Waals surface area (Å²) in [4.78, 5) is 7.40. The molecule has 0 fully saturated rings. The predicted octanol–water partition coefficient (Wildman–Crippen LogP) is -0.925. The lowest BCUT2D eigenvalue weighted by Gasteiger charge is -2.11. The average molecular weight is 261 g/mol. The van der Waals surface area contributed by atoms with Gasteiger partial charge in [-0.1, -0.05) is 0 Å². The van der Waals surface area contributed by atoms with E-state index in [9.17, 15) is 8.42 Å². The van der Waals surface area contributed by atoms with Crippen molar-refractivity contribution in [2.45, 2.75) is 17.9 Å². The van der Waals surface area contributed by atoms with Crippen LogP contribution in [-0.4, -0.2) is 38.1 Å². The SMILES string of the molecule is COC(C)CNS(=O)(=O)c1cnc(NN)nc1. The third-order valence-corrected chi connectivity index (χ3v) is 3.41. The van der Waals surface area contributed by atoms with Gasteiger partial charge in [0.2, 0.25) is 16.0 Å². The zero-order valence-electron chi connectivity index (χ0n) is 9.54. The number of sulfonamides is 1. The second-order valence-electron chi connectivity index (χ2n) is 3.28. The first-order valence-electron chi connectivity index (χ1n) is 4.80. The zero-order valence-corrected chi connectivity index (χ0v) is 10.4. The first kappa shape index (κ1) is 13.8. The van der Waals surface area contributed by atoms with Gasteiger partial charge in [-0.2, -0.15) is 0 Å². The van der Waals surface area contributed by atoms with E-state index in [1.807, 2.05) is 0 Å². The second-order valence-corrected chi connectivity index (χ2v) is 5.05. The highest BCUT2D eigenvalue weighted by atomic mass is 32.2. The number of aromatic nitrogens is 2. The summed E-state index contributed by atoms with van der Waals surface area (Å²) < 4.78 is 30.8. The number of anilines is 1. The van der Waals surface area contributed by atoms with Crippen LogP contribution in [0, 0.1) is 0 Å². The van der Waals surface area contributed by atoms with Gasteiger partial charge in [-0.25, -0.2) is 29.0 Å². The fourth-order valence-electron chi connectivity index (χ4n) is 0.923. The van der Waals surface area contributed by atoms with Crippen molar-refractivity contribution < 1.29 is 13.2 Å². The standard InChI is InChI=1S/C8H15N5O3S/c1-6(16-2)3-12-17(14,15)7-4-10-8(13-9)11-5-7/h4-6,12H,3,9H2,1-2H3,(H,10,11,13). The Kier molecular flexibility index (Phi) is 4.75. The van der Waals surface area contributed by atoms with Crippen LogP contribution in [0.3, 0.4) is 0 Å². The lowest BCUT2D eigenvalue weighted by molar-refractivity contribution is 0.122. The van der Waals surface area contributed by atoms with Crippen molar-refractivity contribution in [1.29, 1.82) is 0 Å². The van der Waals surface area contributed by atoms with Crippen molar-refractivity contribution in [3.63, 3.8) is 0 Å². The molecule has 1 rings (SSSR count). The molecule has 0 aromatic carbocycles. The van der Waals surface area contributed by atoms with Crippen molar-refractivity contribution in [2.24, 2.45) is 5.84 Å². The summed E-state index contributed by atoms with van der Waals surface area (Å²) in [6.07, 6.45) is 2.12. The molecule has 0 aliphatic carbocycles. The van der Waals surface area contributed by atoms with Crippen LogP contribution in [0.15, 0.2) is 17.3 Å². The fraction of sp³-hybridized carbons (Fsp3) is 0.500. The summed E-state index contributed by atoms with van der Waals surface area (Å²) in [5.41, 5.74) is 2.21. The molecule has 0 bridgehead atoms. The van der Waals surface area contributed by atoms with Crippen molar-refractivity contribution in [3.8, 4) is 0 Å². The first-order chi connectivity index (χ1) is 7.99. The third kappa shape index (κ3) is 3.89. The summed E-state index contributed by atoms with van der Waals surface area (Å²) in [5.74, 6) is 5.22. The first-order valence-corrected chi connectivity index (χ1v) is 6.29. The summed E-state index contributed by atoms with van der Waals surface area (Å²) >= 11 is 0. The Balaban J connectivity index is 2.75. The Labute approximate surface area is 99.6 Å². The molecule has 17 heavy (non-hydrogen) atoms. The minimum absolute atomic E-state index is 0.0280. The number of methoxy groups -OCH3 is 1. The van der Waals surface area contributed by atoms with Crippen molar-refractivity contribution in [2.75, 3.05) is 19.1 Å². The molecule has 1 aromatic rings. The van der Waals surface area contributed by atoms with E-state index in [0.717, 1.165) is 0 Å². The van der Waals surface area contributed by atoms with Gasteiger partial charge in [0, 0.05) is 13.7 Å². The molecule has 9 heteroatoms. The van der Waals surface area contributed by atoms with Gasteiger partial charge in [0.15, 0.2) is 0 Å². The number of nitrogens with zero attached hydrogens (tertiary/aromatic N) is 2. The van der Waals surface area contributed by atoms with E-state index in [2.05, 4.69) is 20.1 Å². The van der Waals surface area contributed by atoms with Crippen LogP contribution in [0.5, 0.6) is 0 Å². The average Bonchev–Trinajstić information content (AvgIpc) is 2.36. The number of nitrogens with two attached hydrogens (primary N) is 1. The van der Waals surface area contributed by atoms with Crippen LogP contribution in [-0.2, 0) is 14.8 Å². The molecule has 0 spiro atoms. The van der Waals surface area contributed by atoms with E-state index in [-0.39, 0.29) is 23.5 Å². The molecule has 0 aliphatic heterocycles. The fourth-order valence-corrected chi connectivity index (χ4v) is 1.93. The van der Waals surface area contributed by atoms with Gasteiger partial charge >= 0.3 is 0 Å². The van der Waals surface area contributed by atoms with Crippen LogP contribution in [0.25, 0.3) is 0 Å². The number of hydrogen-bond donors (Lipinski definition) is 3. The maximum Gasteiger partial charge on any atom is 0.243 e. The van der Waals surface area contributed by atoms with E-state index >= 15 is 0 Å². The van der Waals surface area contributed by atoms with Gasteiger partial charge in [-0.3, -0.25) is 5.43 Å². The Morgan fingerprint density at radius 1 is 1.47 bits per heavy atom. The summed E-state index contributed by atoms with van der Waals surface area (Å²) in [7, 11) is -2.11. The molecule has 1 unspecified atom stereocenters. The summed E-state index contributed by atoms with van der Waals surface area (Å²) in [5, 5.41) is 0. The molecule has 8 nitrogen and oxygen atoms in total. The van der Waals surface area contributed by atoms with E-state index in [0.29, 0.717) is 0 Å². The topological polar surface area (TPSA) is 119 Å². The minimum atomic E-state index is -3.61. The van der Waals surface area contributed by atoms with E-state index in [4.69, 9.17) is 10.6 Å². The lowest BCUT2D eigenvalue weighted by atomic mass is 10.4. The molecular formula is C8H15N5O3S. The van der Waals surface area contributed by atoms with Crippen LogP contribution in [0.1, 0.15) is 6.92 Å². The zero-order chi connectivity index (χ0) is 12.9. The second kappa shape index (κ2) is 5.87. The van der Waals surface area contributed by atoms with Gasteiger partial charge in [0.25, 0.3) is 0 Å². The highest BCUT2D eigenvalue weighted by molar-refractivity contribution is 7.89. The molecule has 1 atom stereocenters. The van der Waals surface area contributed by atoms with E-state index in [1.165, 1.54) is 19.5 Å². The van der Waals surface area contributed by atoms with Crippen LogP contribution in [0.4, 0.5) is 5.95 Å². The van der Waals surface area contributed by atoms with Crippen LogP contribution < -0.4 is 16.0 Å². The van der Waals surface area contributed by atoms with Crippen molar-refractivity contribution >= 4 is 16.0 Å². The highest BCUT2D eigenvalue weighted by Gasteiger charge is 2.15. The smallest absolute Gasteiger partial charge is 0.243 e. The molecule has 1 aromatic heterocycles. The van der Waals surface area contributed by atoms with E-state index in [1.54, 1.807) is 6.92 Å². The molecule has 0 amide bonds. The van der Waals surface area contributed by atoms with Crippen molar-refractivity contribution in [1.82, 2.24) is 14.7 Å². The van der Waals surface area contributed by atoms with Crippen molar-refractivity contribution in [3.05, 3.63) is 12.4 Å². The summed E-state index contributed by atoms with van der Waals surface area (Å²) in [6, 6.07) is 0. The van der Waals surface area contributed by atoms with Gasteiger partial charge in [-0.05, 0) is 6.92 Å². The molecule has 0 radical (unpaired) electrons. The number of ether oxygens (including phenoxy) is 1. The molecule has 1 heterocycles. The molecular weight excluding hydrogens is 246 g/mol. The maximum atomic E-state index is 11.8. The molecule has 96 valence electrons. The molecule has 0 saturated heterocycles. The Hall–Kier alpha value is -1.29. The number of nitrogen functional groups attached to an aromatic ring is 1. The Morgan fingerprint density at radius 3 is 2.53 bits per heavy atom. The molecule has 0 saturated carbocycles. The molecule has 4 N–H and O–H groups in total. The van der Waals surface area contributed by atoms with Gasteiger partial charge in [0.1, 0.15) is 4.90 Å². The third-order valence-electron chi connectivity index (χ3n) is 2.03. The lowest BCUT2D eigenvalue weighted by Crippen LogP contribution is -2.31. The van der Waals surface area contributed by atoms with Crippen LogP contribution >= 0.6 is 0 Å². The normalized spacial score (nSPS) is 13.4. The Morgan fingerprint density at radius 2 is 2.06 bits per heavy atom. The van der Waals surface area contributed by atoms with Gasteiger partial charge in [-0.15, -0.1) is 0 Å². The number of hydrogen-bond acceptors (Lipinski definition) is 7. The van der Waals surface area contributed by atoms with E-state index < -0.39 is 10.0 Å². The monoisotopic (exact) mass is 261 g/mol. The number of nitrogens with one attached hydrogen (secondary N) is 2. The largest absolute Gasteiger partial charge is 0.380 e. The summed E-state index contributed by atoms with van der Waals surface area (Å²) in [6.45, 7) is 1.93. The number of hydrazine groups is 1. The van der Waals surface area contributed by atoms with Gasteiger partial charge in [0.05, 0.1) is 18.5 Å². The minimum Gasteiger partial charge on any atom is -0.380 e. The maximum absolute atomic E-state index is 11.8. The quantitative estimate of drug-likeness (QED) is 0.447. The highest BCUT2D eigenvalue weighted by Crippen LogP contribution is 2.06. The predicted molar refractivity (Wildman–Crippen MR) is 61.5 cm³/mol. The Bertz CT molecular complexity index is 447.